The van der Waals surface area contributed by atoms with E-state index in [-0.39, 0.29) is 24.7 Å². The summed E-state index contributed by atoms with van der Waals surface area (Å²) in [6.45, 7) is 5.84. The van der Waals surface area contributed by atoms with E-state index in [0.29, 0.717) is 18.9 Å². The third kappa shape index (κ3) is 5.46. The zero-order valence-corrected chi connectivity index (χ0v) is 19.5. The molecule has 34 heavy (non-hydrogen) atoms. The standard InChI is InChI=1S/C26H31N5O3/c1-19-7-9-22(10-8-19)33-18-26(32)27-21-11-13-30(14-12-21)15-23-24-17-34-25(16-31(24)29-28-23)20-5-3-2-4-6-20/h2-10,21,25H,11-18H2,1H3,(H,27,32)/t25-/m0/s1. The lowest BCUT2D eigenvalue weighted by atomic mass is 10.0. The number of benzene rings is 2. The molecular weight excluding hydrogens is 430 g/mol. The Bertz CT molecular complexity index is 1090. The van der Waals surface area contributed by atoms with Crippen LogP contribution in [0, 0.1) is 6.92 Å². The number of ether oxygens (including phenoxy) is 2. The summed E-state index contributed by atoms with van der Waals surface area (Å²) in [6.07, 6.45) is 1.83. The maximum absolute atomic E-state index is 12.3. The van der Waals surface area contributed by atoms with Gasteiger partial charge in [0.15, 0.2) is 6.61 Å². The van der Waals surface area contributed by atoms with Crippen molar-refractivity contribution in [2.75, 3.05) is 19.7 Å². The number of carbonyl (C=O) groups excluding carboxylic acids is 1. The van der Waals surface area contributed by atoms with Crippen LogP contribution in [0.1, 0.15) is 41.5 Å². The third-order valence-electron chi connectivity index (χ3n) is 6.57. The highest BCUT2D eigenvalue weighted by atomic mass is 16.5. The number of nitrogens with zero attached hydrogens (tertiary/aromatic N) is 4. The lowest BCUT2D eigenvalue weighted by molar-refractivity contribution is -0.124. The van der Waals surface area contributed by atoms with Gasteiger partial charge in [-0.25, -0.2) is 4.68 Å². The van der Waals surface area contributed by atoms with Crippen molar-refractivity contribution in [2.24, 2.45) is 0 Å². The quantitative estimate of drug-likeness (QED) is 0.583. The van der Waals surface area contributed by atoms with Crippen LogP contribution in [0.15, 0.2) is 54.6 Å². The number of likely N-dealkylation sites (tertiary alicyclic amines) is 1. The van der Waals surface area contributed by atoms with Crippen molar-refractivity contribution in [3.05, 3.63) is 77.1 Å². The van der Waals surface area contributed by atoms with Gasteiger partial charge in [0.25, 0.3) is 5.91 Å². The minimum atomic E-state index is -0.0727. The van der Waals surface area contributed by atoms with E-state index in [2.05, 4.69) is 32.7 Å². The van der Waals surface area contributed by atoms with E-state index in [1.807, 2.05) is 54.1 Å². The van der Waals surface area contributed by atoms with Crippen LogP contribution in [0.25, 0.3) is 0 Å². The molecule has 1 saturated heterocycles. The smallest absolute Gasteiger partial charge is 0.258 e. The van der Waals surface area contributed by atoms with Crippen molar-refractivity contribution < 1.29 is 14.3 Å². The van der Waals surface area contributed by atoms with Crippen LogP contribution in [0.3, 0.4) is 0 Å². The Morgan fingerprint density at radius 2 is 1.88 bits per heavy atom. The molecule has 0 bridgehead atoms. The number of nitrogens with one attached hydrogen (secondary N) is 1. The van der Waals surface area contributed by atoms with Gasteiger partial charge in [0.2, 0.25) is 0 Å². The molecule has 0 unspecified atom stereocenters. The third-order valence-corrected chi connectivity index (χ3v) is 6.57. The summed E-state index contributed by atoms with van der Waals surface area (Å²) in [4.78, 5) is 14.7. The highest BCUT2D eigenvalue weighted by Gasteiger charge is 2.27. The lowest BCUT2D eigenvalue weighted by Crippen LogP contribution is -2.45. The normalized spacial score (nSPS) is 18.9. The number of amides is 1. The fraction of sp³-hybridized carbons (Fsp3) is 0.423. The molecule has 1 fully saturated rings. The summed E-state index contributed by atoms with van der Waals surface area (Å²) < 4.78 is 13.7. The van der Waals surface area contributed by atoms with Crippen molar-refractivity contribution in [3.63, 3.8) is 0 Å². The van der Waals surface area contributed by atoms with Crippen molar-refractivity contribution in [2.45, 2.75) is 51.6 Å². The van der Waals surface area contributed by atoms with E-state index in [1.165, 1.54) is 11.1 Å². The van der Waals surface area contributed by atoms with Crippen LogP contribution < -0.4 is 10.1 Å². The molecule has 3 aromatic rings. The fourth-order valence-electron chi connectivity index (χ4n) is 4.55. The molecule has 178 valence electrons. The number of rotatable bonds is 7. The Morgan fingerprint density at radius 1 is 1.12 bits per heavy atom. The number of piperidine rings is 1. The van der Waals surface area contributed by atoms with Gasteiger partial charge in [-0.2, -0.15) is 0 Å². The average Bonchev–Trinajstić information content (AvgIpc) is 3.27. The molecule has 5 rings (SSSR count). The number of hydrogen-bond donors (Lipinski definition) is 1. The Morgan fingerprint density at radius 3 is 2.65 bits per heavy atom. The van der Waals surface area contributed by atoms with Crippen LogP contribution >= 0.6 is 0 Å². The predicted molar refractivity (Wildman–Crippen MR) is 127 cm³/mol. The van der Waals surface area contributed by atoms with E-state index in [4.69, 9.17) is 9.47 Å². The van der Waals surface area contributed by atoms with Crippen molar-refractivity contribution in [1.29, 1.82) is 0 Å². The molecule has 0 saturated carbocycles. The van der Waals surface area contributed by atoms with Gasteiger partial charge in [0.1, 0.15) is 17.5 Å². The summed E-state index contributed by atoms with van der Waals surface area (Å²) >= 11 is 0. The predicted octanol–water partition coefficient (Wildman–Crippen LogP) is 3.02. The van der Waals surface area contributed by atoms with E-state index in [0.717, 1.165) is 43.9 Å². The first-order valence-electron chi connectivity index (χ1n) is 11.9. The van der Waals surface area contributed by atoms with Crippen LogP contribution in [-0.2, 0) is 29.2 Å². The number of carbonyl (C=O) groups is 1. The maximum atomic E-state index is 12.3. The van der Waals surface area contributed by atoms with Gasteiger partial charge < -0.3 is 14.8 Å². The van der Waals surface area contributed by atoms with Crippen molar-refractivity contribution >= 4 is 5.91 Å². The second kappa shape index (κ2) is 10.4. The minimum Gasteiger partial charge on any atom is -0.484 e. The molecule has 1 atom stereocenters. The average molecular weight is 462 g/mol. The van der Waals surface area contributed by atoms with Crippen molar-refractivity contribution in [3.8, 4) is 5.75 Å². The highest BCUT2D eigenvalue weighted by Crippen LogP contribution is 2.27. The molecule has 3 heterocycles. The molecule has 1 aromatic heterocycles. The number of aromatic nitrogens is 3. The minimum absolute atomic E-state index is 0.0117. The van der Waals surface area contributed by atoms with E-state index in [9.17, 15) is 4.79 Å². The van der Waals surface area contributed by atoms with E-state index < -0.39 is 0 Å². The zero-order valence-electron chi connectivity index (χ0n) is 19.5. The largest absolute Gasteiger partial charge is 0.484 e. The number of aryl methyl sites for hydroxylation is 1. The fourth-order valence-corrected chi connectivity index (χ4v) is 4.55. The van der Waals surface area contributed by atoms with Gasteiger partial charge in [-0.3, -0.25) is 9.69 Å². The zero-order chi connectivity index (χ0) is 23.3. The molecule has 2 aliphatic heterocycles. The Kier molecular flexibility index (Phi) is 6.87. The Hall–Kier alpha value is -3.23. The molecule has 8 nitrogen and oxygen atoms in total. The summed E-state index contributed by atoms with van der Waals surface area (Å²) in [5.41, 5.74) is 4.38. The first-order valence-corrected chi connectivity index (χ1v) is 11.9. The number of hydrogen-bond acceptors (Lipinski definition) is 6. The summed E-state index contributed by atoms with van der Waals surface area (Å²) in [5, 5.41) is 12.0. The molecule has 0 radical (unpaired) electrons. The van der Waals surface area contributed by atoms with Crippen molar-refractivity contribution in [1.82, 2.24) is 25.2 Å². The Balaban J connectivity index is 1.07. The van der Waals surface area contributed by atoms with Crippen LogP contribution in [-0.4, -0.2) is 51.5 Å². The van der Waals surface area contributed by atoms with Gasteiger partial charge in [0, 0.05) is 25.7 Å². The SMILES string of the molecule is Cc1ccc(OCC(=O)NC2CCN(Cc3nnn4c3CO[C@H](c3ccccc3)C4)CC2)cc1. The molecule has 2 aliphatic rings. The number of fused-ring (bicyclic) bond motifs is 1. The summed E-state index contributed by atoms with van der Waals surface area (Å²) in [5.74, 6) is 0.642. The molecule has 1 amide bonds. The van der Waals surface area contributed by atoms with E-state index in [1.54, 1.807) is 0 Å². The summed E-state index contributed by atoms with van der Waals surface area (Å²) in [6, 6.07) is 18.2. The molecule has 0 spiro atoms. The molecule has 0 aliphatic carbocycles. The van der Waals surface area contributed by atoms with Gasteiger partial charge in [0.05, 0.1) is 18.8 Å². The van der Waals surface area contributed by atoms with Crippen LogP contribution in [0.5, 0.6) is 5.75 Å². The molecular formula is C26H31N5O3. The second-order valence-electron chi connectivity index (χ2n) is 9.09. The summed E-state index contributed by atoms with van der Waals surface area (Å²) in [7, 11) is 0. The van der Waals surface area contributed by atoms with Gasteiger partial charge in [-0.15, -0.1) is 5.10 Å². The lowest BCUT2D eigenvalue weighted by Gasteiger charge is -2.32. The Labute approximate surface area is 199 Å². The van der Waals surface area contributed by atoms with Gasteiger partial charge in [-0.1, -0.05) is 53.2 Å². The van der Waals surface area contributed by atoms with Crippen LogP contribution in [0.4, 0.5) is 0 Å². The molecule has 8 heteroatoms. The molecule has 1 N–H and O–H groups in total. The first-order chi connectivity index (χ1) is 16.6. The van der Waals surface area contributed by atoms with Gasteiger partial charge >= 0.3 is 0 Å². The maximum Gasteiger partial charge on any atom is 0.258 e. The molecule has 2 aromatic carbocycles. The van der Waals surface area contributed by atoms with E-state index >= 15 is 0 Å². The topological polar surface area (TPSA) is 81.5 Å². The monoisotopic (exact) mass is 461 g/mol. The highest BCUT2D eigenvalue weighted by molar-refractivity contribution is 5.77. The first kappa shape index (κ1) is 22.6. The second-order valence-corrected chi connectivity index (χ2v) is 9.09. The van der Waals surface area contributed by atoms with Crippen LogP contribution in [0.2, 0.25) is 0 Å². The van der Waals surface area contributed by atoms with Gasteiger partial charge in [-0.05, 0) is 37.5 Å².